The van der Waals surface area contributed by atoms with Crippen LogP contribution in [0.1, 0.15) is 26.7 Å². The molecule has 2 heterocycles. The Bertz CT molecular complexity index is 390. The average Bonchev–Trinajstić information content (AvgIpc) is 2.29. The first kappa shape index (κ1) is 11.8. The predicted molar refractivity (Wildman–Crippen MR) is 66.9 cm³/mol. The molecule has 0 spiro atoms. The summed E-state index contributed by atoms with van der Waals surface area (Å²) in [5.74, 6) is 1.98. The Hall–Kier alpha value is -1.65. The minimum Gasteiger partial charge on any atom is -0.355 e. The van der Waals surface area contributed by atoms with Gasteiger partial charge >= 0.3 is 0 Å². The van der Waals surface area contributed by atoms with Crippen LogP contribution in [-0.4, -0.2) is 29.2 Å². The lowest BCUT2D eigenvalue weighted by molar-refractivity contribution is -0.114. The molecule has 5 heteroatoms. The van der Waals surface area contributed by atoms with Crippen molar-refractivity contribution in [1.29, 1.82) is 0 Å². The fourth-order valence-corrected chi connectivity index (χ4v) is 2.14. The molecule has 1 unspecified atom stereocenters. The first-order valence-corrected chi connectivity index (χ1v) is 6.01. The molecule has 0 saturated carbocycles. The third-order valence-corrected chi connectivity index (χ3v) is 2.94. The number of carbonyl (C=O) groups excluding carboxylic acids is 1. The van der Waals surface area contributed by atoms with Gasteiger partial charge in [-0.15, -0.1) is 10.2 Å². The molecule has 1 aliphatic heterocycles. The molecule has 1 aliphatic rings. The van der Waals surface area contributed by atoms with Gasteiger partial charge in [-0.1, -0.05) is 6.92 Å². The summed E-state index contributed by atoms with van der Waals surface area (Å²) in [5.41, 5.74) is 0. The molecule has 0 aromatic carbocycles. The molecule has 17 heavy (non-hydrogen) atoms. The SMILES string of the molecule is CC(=O)Nc1ccc(N2CCCC(C)C2)nn1. The number of rotatable bonds is 2. The molecule has 1 saturated heterocycles. The topological polar surface area (TPSA) is 58.1 Å². The number of aromatic nitrogens is 2. The molecule has 0 bridgehead atoms. The highest BCUT2D eigenvalue weighted by atomic mass is 16.1. The van der Waals surface area contributed by atoms with E-state index in [1.807, 2.05) is 6.07 Å². The highest BCUT2D eigenvalue weighted by Gasteiger charge is 2.17. The van der Waals surface area contributed by atoms with Crippen molar-refractivity contribution >= 4 is 17.5 Å². The summed E-state index contributed by atoms with van der Waals surface area (Å²) in [5, 5.41) is 10.8. The molecular formula is C12H18N4O. The van der Waals surface area contributed by atoms with Gasteiger partial charge in [0, 0.05) is 20.0 Å². The van der Waals surface area contributed by atoms with Crippen LogP contribution in [0, 0.1) is 5.92 Å². The maximum absolute atomic E-state index is 10.9. The van der Waals surface area contributed by atoms with Crippen LogP contribution in [0.3, 0.4) is 0 Å². The smallest absolute Gasteiger partial charge is 0.222 e. The Labute approximate surface area is 101 Å². The summed E-state index contributed by atoms with van der Waals surface area (Å²) in [6.45, 7) is 5.79. The van der Waals surface area contributed by atoms with Crippen LogP contribution in [0.4, 0.5) is 11.6 Å². The van der Waals surface area contributed by atoms with Gasteiger partial charge in [0.1, 0.15) is 0 Å². The highest BCUT2D eigenvalue weighted by molar-refractivity contribution is 5.87. The number of piperidine rings is 1. The standard InChI is InChI=1S/C12H18N4O/c1-9-4-3-7-16(8-9)12-6-5-11(14-15-12)13-10(2)17/h5-6,9H,3-4,7-8H2,1-2H3,(H,13,14,17). The van der Waals surface area contributed by atoms with Crippen LogP contribution >= 0.6 is 0 Å². The lowest BCUT2D eigenvalue weighted by atomic mass is 10.0. The summed E-state index contributed by atoms with van der Waals surface area (Å²) >= 11 is 0. The van der Waals surface area contributed by atoms with Crippen molar-refractivity contribution in [2.45, 2.75) is 26.7 Å². The molecule has 1 aromatic heterocycles. The maximum Gasteiger partial charge on any atom is 0.222 e. The molecular weight excluding hydrogens is 216 g/mol. The van der Waals surface area contributed by atoms with Crippen LogP contribution in [0.5, 0.6) is 0 Å². The second-order valence-electron chi connectivity index (χ2n) is 4.65. The first-order valence-electron chi connectivity index (χ1n) is 6.01. The van der Waals surface area contributed by atoms with Gasteiger partial charge in [0.05, 0.1) is 0 Å². The number of hydrogen-bond donors (Lipinski definition) is 1. The molecule has 1 N–H and O–H groups in total. The zero-order valence-corrected chi connectivity index (χ0v) is 10.3. The zero-order valence-electron chi connectivity index (χ0n) is 10.3. The Balaban J connectivity index is 2.04. The van der Waals surface area contributed by atoms with Crippen LogP contribution in [0.25, 0.3) is 0 Å². The van der Waals surface area contributed by atoms with Crippen molar-refractivity contribution in [3.8, 4) is 0 Å². The molecule has 0 radical (unpaired) electrons. The van der Waals surface area contributed by atoms with Gasteiger partial charge in [0.2, 0.25) is 5.91 Å². The van der Waals surface area contributed by atoms with Crippen LogP contribution < -0.4 is 10.2 Å². The second-order valence-corrected chi connectivity index (χ2v) is 4.65. The monoisotopic (exact) mass is 234 g/mol. The number of anilines is 2. The molecule has 92 valence electrons. The normalized spacial score (nSPS) is 20.1. The Morgan fingerprint density at radius 1 is 1.47 bits per heavy atom. The summed E-state index contributed by atoms with van der Waals surface area (Å²) < 4.78 is 0. The zero-order chi connectivity index (χ0) is 12.3. The van der Waals surface area contributed by atoms with E-state index in [9.17, 15) is 4.79 Å². The van der Waals surface area contributed by atoms with Gasteiger partial charge in [-0.3, -0.25) is 4.79 Å². The highest BCUT2D eigenvalue weighted by Crippen LogP contribution is 2.20. The molecule has 1 fully saturated rings. The minimum absolute atomic E-state index is 0.126. The van der Waals surface area contributed by atoms with Gasteiger partial charge in [-0.2, -0.15) is 0 Å². The van der Waals surface area contributed by atoms with Gasteiger partial charge < -0.3 is 10.2 Å². The van der Waals surface area contributed by atoms with Crippen molar-refractivity contribution in [2.24, 2.45) is 5.92 Å². The minimum atomic E-state index is -0.126. The number of carbonyl (C=O) groups is 1. The Kier molecular flexibility index (Phi) is 3.56. The van der Waals surface area contributed by atoms with E-state index in [1.54, 1.807) is 6.07 Å². The average molecular weight is 234 g/mol. The number of hydrogen-bond acceptors (Lipinski definition) is 4. The maximum atomic E-state index is 10.9. The van der Waals surface area contributed by atoms with Crippen LogP contribution in [0.15, 0.2) is 12.1 Å². The summed E-state index contributed by atoms with van der Waals surface area (Å²) in [6.07, 6.45) is 2.49. The van der Waals surface area contributed by atoms with Crippen LogP contribution in [0.2, 0.25) is 0 Å². The molecule has 1 atom stereocenters. The Morgan fingerprint density at radius 3 is 2.88 bits per heavy atom. The summed E-state index contributed by atoms with van der Waals surface area (Å²) in [6, 6.07) is 3.71. The van der Waals surface area contributed by atoms with Crippen molar-refractivity contribution < 1.29 is 4.79 Å². The van der Waals surface area contributed by atoms with E-state index in [0.717, 1.165) is 18.9 Å². The Morgan fingerprint density at radius 2 is 2.29 bits per heavy atom. The molecule has 0 aliphatic carbocycles. The van der Waals surface area contributed by atoms with E-state index in [1.165, 1.54) is 19.8 Å². The van der Waals surface area contributed by atoms with E-state index in [2.05, 4.69) is 27.3 Å². The third kappa shape index (κ3) is 3.15. The quantitative estimate of drug-likeness (QED) is 0.845. The number of nitrogens with zero attached hydrogens (tertiary/aromatic N) is 3. The lowest BCUT2D eigenvalue weighted by Crippen LogP contribution is -2.34. The largest absolute Gasteiger partial charge is 0.355 e. The van der Waals surface area contributed by atoms with Gasteiger partial charge in [-0.25, -0.2) is 0 Å². The van der Waals surface area contributed by atoms with Crippen molar-refractivity contribution in [3.63, 3.8) is 0 Å². The summed E-state index contributed by atoms with van der Waals surface area (Å²) in [7, 11) is 0. The third-order valence-electron chi connectivity index (χ3n) is 2.94. The fraction of sp³-hybridized carbons (Fsp3) is 0.583. The van der Waals surface area contributed by atoms with E-state index < -0.39 is 0 Å². The molecule has 2 rings (SSSR count). The second kappa shape index (κ2) is 5.12. The molecule has 1 aromatic rings. The van der Waals surface area contributed by atoms with Gasteiger partial charge in [0.25, 0.3) is 0 Å². The lowest BCUT2D eigenvalue weighted by Gasteiger charge is -2.31. The number of amides is 1. The van der Waals surface area contributed by atoms with E-state index >= 15 is 0 Å². The molecule has 1 amide bonds. The van der Waals surface area contributed by atoms with Crippen LogP contribution in [-0.2, 0) is 4.79 Å². The fourth-order valence-electron chi connectivity index (χ4n) is 2.14. The first-order chi connectivity index (χ1) is 8.15. The van der Waals surface area contributed by atoms with Crippen molar-refractivity contribution in [1.82, 2.24) is 10.2 Å². The van der Waals surface area contributed by atoms with Gasteiger partial charge in [-0.05, 0) is 30.9 Å². The van der Waals surface area contributed by atoms with Crippen molar-refractivity contribution in [3.05, 3.63) is 12.1 Å². The van der Waals surface area contributed by atoms with E-state index in [-0.39, 0.29) is 5.91 Å². The summed E-state index contributed by atoms with van der Waals surface area (Å²) in [4.78, 5) is 13.1. The van der Waals surface area contributed by atoms with Gasteiger partial charge in [0.15, 0.2) is 11.6 Å². The van der Waals surface area contributed by atoms with Crippen molar-refractivity contribution in [2.75, 3.05) is 23.3 Å². The predicted octanol–water partition coefficient (Wildman–Crippen LogP) is 1.67. The van der Waals surface area contributed by atoms with E-state index in [4.69, 9.17) is 0 Å². The molecule has 5 nitrogen and oxygen atoms in total. The van der Waals surface area contributed by atoms with E-state index in [0.29, 0.717) is 11.7 Å². The number of nitrogens with one attached hydrogen (secondary N) is 1.